The molecule has 0 fully saturated rings. The predicted molar refractivity (Wildman–Crippen MR) is 102 cm³/mol. The molecule has 2 aromatic rings. The fourth-order valence-corrected chi connectivity index (χ4v) is 2.38. The number of nitrogens with one attached hydrogen (secondary N) is 2. The van der Waals surface area contributed by atoms with Gasteiger partial charge in [-0.05, 0) is 35.9 Å². The fourth-order valence-electron chi connectivity index (χ4n) is 2.38. The van der Waals surface area contributed by atoms with E-state index < -0.39 is 18.5 Å². The van der Waals surface area contributed by atoms with Gasteiger partial charge in [0.05, 0.1) is 19.8 Å². The van der Waals surface area contributed by atoms with E-state index >= 15 is 0 Å². The second-order valence-electron chi connectivity index (χ2n) is 5.80. The monoisotopic (exact) mass is 386 g/mol. The lowest BCUT2D eigenvalue weighted by molar-refractivity contribution is -0.124. The highest BCUT2D eigenvalue weighted by Crippen LogP contribution is 2.27. The number of ether oxygens (including phenoxy) is 3. The van der Waals surface area contributed by atoms with Crippen molar-refractivity contribution in [2.24, 2.45) is 0 Å². The average molecular weight is 386 g/mol. The Balaban J connectivity index is 1.85. The maximum atomic E-state index is 12.1. The van der Waals surface area contributed by atoms with Crippen molar-refractivity contribution >= 4 is 23.5 Å². The highest BCUT2D eigenvalue weighted by atomic mass is 16.5. The van der Waals surface area contributed by atoms with Crippen molar-refractivity contribution in [3.05, 3.63) is 53.6 Å². The molecule has 0 heterocycles. The third kappa shape index (κ3) is 6.01. The van der Waals surface area contributed by atoms with E-state index in [-0.39, 0.29) is 18.0 Å². The average Bonchev–Trinajstić information content (AvgIpc) is 2.69. The molecule has 2 N–H and O–H groups in total. The predicted octanol–water partition coefficient (Wildman–Crippen LogP) is 2.14. The molecule has 0 spiro atoms. The van der Waals surface area contributed by atoms with Crippen LogP contribution in [-0.2, 0) is 20.9 Å². The molecule has 0 saturated heterocycles. The topological polar surface area (TPSA) is 103 Å². The number of esters is 1. The van der Waals surface area contributed by atoms with E-state index in [1.165, 1.54) is 26.2 Å². The zero-order chi connectivity index (χ0) is 20.5. The summed E-state index contributed by atoms with van der Waals surface area (Å²) in [6.45, 7) is 1.19. The van der Waals surface area contributed by atoms with E-state index in [1.807, 2.05) is 0 Å². The minimum absolute atomic E-state index is 0.235. The van der Waals surface area contributed by atoms with Crippen molar-refractivity contribution < 1.29 is 28.6 Å². The number of anilines is 1. The van der Waals surface area contributed by atoms with Crippen LogP contribution in [0.25, 0.3) is 0 Å². The van der Waals surface area contributed by atoms with E-state index in [1.54, 1.807) is 37.4 Å². The summed E-state index contributed by atoms with van der Waals surface area (Å²) >= 11 is 0. The van der Waals surface area contributed by atoms with Gasteiger partial charge in [-0.3, -0.25) is 9.59 Å². The number of hydrogen-bond acceptors (Lipinski definition) is 6. The van der Waals surface area contributed by atoms with Gasteiger partial charge in [0.25, 0.3) is 5.91 Å². The van der Waals surface area contributed by atoms with Crippen molar-refractivity contribution in [1.82, 2.24) is 5.32 Å². The SMILES string of the molecule is COc1ccc(CNC(=O)COC(=O)c2cccc(NC(C)=O)c2)cc1OC. The standard InChI is InChI=1S/C20H22N2O6/c1-13(23)22-16-6-4-5-15(10-16)20(25)28-12-19(24)21-11-14-7-8-17(26-2)18(9-14)27-3/h4-10H,11-12H2,1-3H3,(H,21,24)(H,22,23). The summed E-state index contributed by atoms with van der Waals surface area (Å²) in [5.41, 5.74) is 1.51. The molecule has 0 unspecified atom stereocenters. The van der Waals surface area contributed by atoms with Gasteiger partial charge >= 0.3 is 5.97 Å². The molecule has 0 aliphatic rings. The van der Waals surface area contributed by atoms with Crippen molar-refractivity contribution in [3.8, 4) is 11.5 Å². The van der Waals surface area contributed by atoms with Crippen LogP contribution in [0.4, 0.5) is 5.69 Å². The van der Waals surface area contributed by atoms with Gasteiger partial charge in [-0.1, -0.05) is 12.1 Å². The molecule has 148 valence electrons. The number of benzene rings is 2. The van der Waals surface area contributed by atoms with Gasteiger partial charge in [0.15, 0.2) is 18.1 Å². The van der Waals surface area contributed by atoms with E-state index in [0.717, 1.165) is 5.56 Å². The molecule has 0 radical (unpaired) electrons. The van der Waals surface area contributed by atoms with Crippen LogP contribution >= 0.6 is 0 Å². The molecule has 8 nitrogen and oxygen atoms in total. The Kier molecular flexibility index (Phi) is 7.38. The number of hydrogen-bond donors (Lipinski definition) is 2. The normalized spacial score (nSPS) is 9.96. The zero-order valence-electron chi connectivity index (χ0n) is 15.9. The number of rotatable bonds is 8. The van der Waals surface area contributed by atoms with Gasteiger partial charge in [0, 0.05) is 19.2 Å². The van der Waals surface area contributed by atoms with Gasteiger partial charge in [-0.25, -0.2) is 4.79 Å². The molecule has 0 aliphatic carbocycles. The lowest BCUT2D eigenvalue weighted by Gasteiger charge is -2.11. The second kappa shape index (κ2) is 9.96. The summed E-state index contributed by atoms with van der Waals surface area (Å²) in [4.78, 5) is 35.1. The quantitative estimate of drug-likeness (QED) is 0.674. The molecule has 0 bridgehead atoms. The number of methoxy groups -OCH3 is 2. The summed E-state index contributed by atoms with van der Waals surface area (Å²) in [5, 5.41) is 5.24. The maximum Gasteiger partial charge on any atom is 0.338 e. The van der Waals surface area contributed by atoms with Gasteiger partial charge in [-0.2, -0.15) is 0 Å². The van der Waals surface area contributed by atoms with Gasteiger partial charge in [0.1, 0.15) is 0 Å². The largest absolute Gasteiger partial charge is 0.493 e. The molecule has 2 amide bonds. The maximum absolute atomic E-state index is 12.1. The molecule has 0 atom stereocenters. The van der Waals surface area contributed by atoms with Crippen LogP contribution in [0.15, 0.2) is 42.5 Å². The summed E-state index contributed by atoms with van der Waals surface area (Å²) in [7, 11) is 3.07. The highest BCUT2D eigenvalue weighted by Gasteiger charge is 2.12. The van der Waals surface area contributed by atoms with Crippen LogP contribution in [0.1, 0.15) is 22.8 Å². The minimum atomic E-state index is -0.659. The molecule has 0 aromatic heterocycles. The number of amides is 2. The number of carbonyl (C=O) groups is 3. The molecule has 0 saturated carbocycles. The Hall–Kier alpha value is -3.55. The first-order chi connectivity index (χ1) is 13.4. The molecular weight excluding hydrogens is 364 g/mol. The summed E-state index contributed by atoms with van der Waals surface area (Å²) in [5.74, 6) is -0.206. The summed E-state index contributed by atoms with van der Waals surface area (Å²) < 4.78 is 15.4. The van der Waals surface area contributed by atoms with E-state index in [2.05, 4.69) is 10.6 Å². The molecular formula is C20H22N2O6. The first-order valence-electron chi connectivity index (χ1n) is 8.45. The molecule has 8 heteroatoms. The lowest BCUT2D eigenvalue weighted by atomic mass is 10.2. The van der Waals surface area contributed by atoms with Crippen LogP contribution in [0.5, 0.6) is 11.5 Å². The van der Waals surface area contributed by atoms with Crippen molar-refractivity contribution in [1.29, 1.82) is 0 Å². The van der Waals surface area contributed by atoms with E-state index in [4.69, 9.17) is 14.2 Å². The molecule has 2 rings (SSSR count). The van der Waals surface area contributed by atoms with Crippen LogP contribution in [0.2, 0.25) is 0 Å². The first kappa shape index (κ1) is 20.8. The molecule has 0 aliphatic heterocycles. The Morgan fingerprint density at radius 3 is 2.39 bits per heavy atom. The Morgan fingerprint density at radius 2 is 1.71 bits per heavy atom. The van der Waals surface area contributed by atoms with Gasteiger partial charge < -0.3 is 24.8 Å². The molecule has 2 aromatic carbocycles. The van der Waals surface area contributed by atoms with Gasteiger partial charge in [0.2, 0.25) is 5.91 Å². The van der Waals surface area contributed by atoms with E-state index in [0.29, 0.717) is 17.2 Å². The molecule has 28 heavy (non-hydrogen) atoms. The smallest absolute Gasteiger partial charge is 0.338 e. The number of carbonyl (C=O) groups excluding carboxylic acids is 3. The van der Waals surface area contributed by atoms with Crippen LogP contribution in [0, 0.1) is 0 Å². The van der Waals surface area contributed by atoms with Crippen molar-refractivity contribution in [2.45, 2.75) is 13.5 Å². The van der Waals surface area contributed by atoms with Gasteiger partial charge in [-0.15, -0.1) is 0 Å². The third-order valence-electron chi connectivity index (χ3n) is 3.69. The van der Waals surface area contributed by atoms with Crippen LogP contribution in [-0.4, -0.2) is 38.6 Å². The van der Waals surface area contributed by atoms with Crippen molar-refractivity contribution in [2.75, 3.05) is 26.1 Å². The first-order valence-corrected chi connectivity index (χ1v) is 8.45. The Labute approximate surface area is 162 Å². The van der Waals surface area contributed by atoms with Crippen LogP contribution in [0.3, 0.4) is 0 Å². The Morgan fingerprint density at radius 1 is 0.964 bits per heavy atom. The minimum Gasteiger partial charge on any atom is -0.493 e. The lowest BCUT2D eigenvalue weighted by Crippen LogP contribution is -2.28. The fraction of sp³-hybridized carbons (Fsp3) is 0.250. The van der Waals surface area contributed by atoms with Crippen molar-refractivity contribution in [3.63, 3.8) is 0 Å². The Bertz CT molecular complexity index is 866. The second-order valence-corrected chi connectivity index (χ2v) is 5.80. The highest BCUT2D eigenvalue weighted by molar-refractivity contribution is 5.94. The summed E-state index contributed by atoms with van der Waals surface area (Å²) in [6.07, 6.45) is 0. The summed E-state index contributed by atoms with van der Waals surface area (Å²) in [6, 6.07) is 11.6. The van der Waals surface area contributed by atoms with E-state index in [9.17, 15) is 14.4 Å². The van der Waals surface area contributed by atoms with Crippen LogP contribution < -0.4 is 20.1 Å². The third-order valence-corrected chi connectivity index (χ3v) is 3.69. The zero-order valence-corrected chi connectivity index (χ0v) is 15.9.